The minimum absolute atomic E-state index is 0.101. The van der Waals surface area contributed by atoms with Gasteiger partial charge in [0.15, 0.2) is 3.95 Å². The Hall–Kier alpha value is -1.83. The minimum atomic E-state index is -0.101. The minimum Gasteiger partial charge on any atom is -0.270 e. The van der Waals surface area contributed by atoms with Crippen LogP contribution < -0.4 is 5.56 Å². The molecular formula is C13H7N3OS3. The van der Waals surface area contributed by atoms with Crippen molar-refractivity contribution in [1.29, 1.82) is 0 Å². The standard InChI is InChI=1S/C13H7N3OS3/c17-11-8-6-9(7-4-2-1-3-5-7)19-10(8)14-12-16(11)15-13(18)20-12/h1-6H,(H,15,18). The fourth-order valence-corrected chi connectivity index (χ4v) is 4.13. The Kier molecular flexibility index (Phi) is 2.59. The average molecular weight is 317 g/mol. The molecule has 4 aromatic rings. The third-order valence-corrected chi connectivity index (χ3v) is 5.13. The van der Waals surface area contributed by atoms with E-state index < -0.39 is 0 Å². The Bertz CT molecular complexity index is 1040. The number of rotatable bonds is 1. The van der Waals surface area contributed by atoms with Crippen molar-refractivity contribution >= 4 is 50.1 Å². The molecule has 3 aromatic heterocycles. The molecule has 3 heterocycles. The Balaban J connectivity index is 2.08. The van der Waals surface area contributed by atoms with Gasteiger partial charge in [-0.25, -0.2) is 4.98 Å². The summed E-state index contributed by atoms with van der Waals surface area (Å²) in [6.07, 6.45) is 0. The van der Waals surface area contributed by atoms with E-state index in [0.717, 1.165) is 15.3 Å². The third-order valence-electron chi connectivity index (χ3n) is 2.98. The molecule has 0 saturated carbocycles. The van der Waals surface area contributed by atoms with Crippen LogP contribution in [0.25, 0.3) is 25.6 Å². The van der Waals surface area contributed by atoms with Crippen LogP contribution in [-0.2, 0) is 0 Å². The van der Waals surface area contributed by atoms with E-state index >= 15 is 0 Å². The van der Waals surface area contributed by atoms with Gasteiger partial charge in [0.05, 0.1) is 5.39 Å². The van der Waals surface area contributed by atoms with Gasteiger partial charge < -0.3 is 0 Å². The predicted molar refractivity (Wildman–Crippen MR) is 85.3 cm³/mol. The summed E-state index contributed by atoms with van der Waals surface area (Å²) in [6.45, 7) is 0. The molecule has 0 fully saturated rings. The zero-order chi connectivity index (χ0) is 13.7. The van der Waals surface area contributed by atoms with Crippen LogP contribution in [0.1, 0.15) is 0 Å². The lowest BCUT2D eigenvalue weighted by molar-refractivity contribution is 0.910. The third kappa shape index (κ3) is 1.75. The van der Waals surface area contributed by atoms with Crippen molar-refractivity contribution in [2.24, 2.45) is 0 Å². The number of aromatic nitrogens is 3. The van der Waals surface area contributed by atoms with E-state index in [0.29, 0.717) is 14.3 Å². The van der Waals surface area contributed by atoms with Crippen molar-refractivity contribution in [2.75, 3.05) is 0 Å². The topological polar surface area (TPSA) is 50.2 Å². The Morgan fingerprint density at radius 1 is 1.20 bits per heavy atom. The van der Waals surface area contributed by atoms with Crippen LogP contribution in [0.2, 0.25) is 0 Å². The highest BCUT2D eigenvalue weighted by molar-refractivity contribution is 7.73. The van der Waals surface area contributed by atoms with Gasteiger partial charge in [0.25, 0.3) is 5.56 Å². The molecule has 0 spiro atoms. The molecule has 0 unspecified atom stereocenters. The van der Waals surface area contributed by atoms with Gasteiger partial charge in [-0.2, -0.15) is 4.52 Å². The summed E-state index contributed by atoms with van der Waals surface area (Å²) < 4.78 is 1.96. The molecular weight excluding hydrogens is 310 g/mol. The molecule has 98 valence electrons. The number of hydrogen-bond donors (Lipinski definition) is 1. The van der Waals surface area contributed by atoms with Gasteiger partial charge in [-0.1, -0.05) is 41.7 Å². The van der Waals surface area contributed by atoms with Crippen LogP contribution in [0.4, 0.5) is 0 Å². The molecule has 0 amide bonds. The van der Waals surface area contributed by atoms with E-state index in [9.17, 15) is 4.79 Å². The molecule has 0 aliphatic rings. The molecule has 4 nitrogen and oxygen atoms in total. The number of fused-ring (bicyclic) bond motifs is 2. The zero-order valence-electron chi connectivity index (χ0n) is 9.99. The smallest absolute Gasteiger partial charge is 0.270 e. The van der Waals surface area contributed by atoms with Gasteiger partial charge in [-0.15, -0.1) is 11.3 Å². The van der Waals surface area contributed by atoms with Crippen molar-refractivity contribution in [3.8, 4) is 10.4 Å². The largest absolute Gasteiger partial charge is 0.282 e. The first-order chi connectivity index (χ1) is 9.72. The van der Waals surface area contributed by atoms with Crippen molar-refractivity contribution in [3.05, 3.63) is 50.7 Å². The summed E-state index contributed by atoms with van der Waals surface area (Å²) in [5, 5.41) is 3.47. The zero-order valence-corrected chi connectivity index (χ0v) is 12.4. The maximum absolute atomic E-state index is 12.4. The van der Waals surface area contributed by atoms with Crippen molar-refractivity contribution in [2.45, 2.75) is 0 Å². The van der Waals surface area contributed by atoms with E-state index in [1.807, 2.05) is 36.4 Å². The number of nitrogens with one attached hydrogen (secondary N) is 1. The molecule has 0 radical (unpaired) electrons. The lowest BCUT2D eigenvalue weighted by Crippen LogP contribution is -2.13. The first-order valence-corrected chi connectivity index (χ1v) is 7.87. The Morgan fingerprint density at radius 2 is 2.00 bits per heavy atom. The van der Waals surface area contributed by atoms with Gasteiger partial charge in [0.2, 0.25) is 4.96 Å². The normalized spacial score (nSPS) is 11.4. The molecule has 0 aliphatic carbocycles. The van der Waals surface area contributed by atoms with Crippen LogP contribution >= 0.6 is 34.9 Å². The monoisotopic (exact) mass is 317 g/mol. The number of H-pyrrole nitrogens is 1. The summed E-state index contributed by atoms with van der Waals surface area (Å²) in [7, 11) is 0. The number of aromatic amines is 1. The van der Waals surface area contributed by atoms with Crippen LogP contribution in [0.3, 0.4) is 0 Å². The molecule has 20 heavy (non-hydrogen) atoms. The fraction of sp³-hybridized carbons (Fsp3) is 0. The molecule has 4 rings (SSSR count). The second-order valence-electron chi connectivity index (χ2n) is 4.23. The van der Waals surface area contributed by atoms with Crippen LogP contribution in [0, 0.1) is 3.95 Å². The Labute approximate surface area is 126 Å². The summed E-state index contributed by atoms with van der Waals surface area (Å²) in [6, 6.07) is 11.9. The van der Waals surface area contributed by atoms with Gasteiger partial charge in [0, 0.05) is 4.88 Å². The van der Waals surface area contributed by atoms with Crippen molar-refractivity contribution < 1.29 is 0 Å². The van der Waals surface area contributed by atoms with Crippen LogP contribution in [-0.4, -0.2) is 14.6 Å². The maximum Gasteiger partial charge on any atom is 0.282 e. The van der Waals surface area contributed by atoms with E-state index in [1.165, 1.54) is 27.2 Å². The quantitative estimate of drug-likeness (QED) is 0.545. The average Bonchev–Trinajstić information content (AvgIpc) is 3.03. The van der Waals surface area contributed by atoms with Gasteiger partial charge in [-0.3, -0.25) is 9.89 Å². The molecule has 1 N–H and O–H groups in total. The second kappa shape index (κ2) is 4.34. The summed E-state index contributed by atoms with van der Waals surface area (Å²) >= 11 is 7.88. The van der Waals surface area contributed by atoms with Crippen LogP contribution in [0.5, 0.6) is 0 Å². The molecule has 1 aromatic carbocycles. The van der Waals surface area contributed by atoms with E-state index in [2.05, 4.69) is 10.1 Å². The SMILES string of the molecule is O=c1c2cc(-c3ccccc3)sc2nc2sc(=S)[nH]n12. The highest BCUT2D eigenvalue weighted by atomic mass is 32.1. The predicted octanol–water partition coefficient (Wildman–Crippen LogP) is 3.70. The molecule has 0 bridgehead atoms. The summed E-state index contributed by atoms with van der Waals surface area (Å²) in [5.41, 5.74) is 0.993. The highest BCUT2D eigenvalue weighted by Gasteiger charge is 2.12. The fourth-order valence-electron chi connectivity index (χ4n) is 2.07. The Morgan fingerprint density at radius 3 is 2.80 bits per heavy atom. The first-order valence-electron chi connectivity index (χ1n) is 5.83. The van der Waals surface area contributed by atoms with Crippen molar-refractivity contribution in [1.82, 2.24) is 14.6 Å². The van der Waals surface area contributed by atoms with Gasteiger partial charge in [-0.05, 0) is 23.8 Å². The summed E-state index contributed by atoms with van der Waals surface area (Å²) in [4.78, 5) is 19.3. The lowest BCUT2D eigenvalue weighted by atomic mass is 10.2. The maximum atomic E-state index is 12.4. The molecule has 7 heteroatoms. The van der Waals surface area contributed by atoms with Gasteiger partial charge in [0.1, 0.15) is 4.83 Å². The number of benzene rings is 1. The molecule has 0 aliphatic heterocycles. The van der Waals surface area contributed by atoms with E-state index in [1.54, 1.807) is 0 Å². The van der Waals surface area contributed by atoms with Gasteiger partial charge >= 0.3 is 0 Å². The molecule has 0 saturated heterocycles. The number of nitrogens with zero attached hydrogens (tertiary/aromatic N) is 2. The summed E-state index contributed by atoms with van der Waals surface area (Å²) in [5.74, 6) is 0. The highest BCUT2D eigenvalue weighted by Crippen LogP contribution is 2.31. The number of thiophene rings is 1. The second-order valence-corrected chi connectivity index (χ2v) is 6.91. The van der Waals surface area contributed by atoms with E-state index in [4.69, 9.17) is 12.2 Å². The molecule has 0 atom stereocenters. The van der Waals surface area contributed by atoms with Crippen LogP contribution in [0.15, 0.2) is 41.2 Å². The van der Waals surface area contributed by atoms with E-state index in [-0.39, 0.29) is 5.56 Å². The lowest BCUT2D eigenvalue weighted by Gasteiger charge is -1.93. The van der Waals surface area contributed by atoms with Crippen molar-refractivity contribution in [3.63, 3.8) is 0 Å². The first kappa shape index (κ1) is 12.0. The number of hydrogen-bond acceptors (Lipinski definition) is 5.